The van der Waals surface area contributed by atoms with Gasteiger partial charge in [-0.1, -0.05) is 17.3 Å². The van der Waals surface area contributed by atoms with Crippen molar-refractivity contribution in [1.82, 2.24) is 9.97 Å². The summed E-state index contributed by atoms with van der Waals surface area (Å²) in [5.74, 6) is -0.349. The molecule has 2 aromatic rings. The van der Waals surface area contributed by atoms with Crippen LogP contribution in [0.4, 0.5) is 15.8 Å². The zero-order valence-corrected chi connectivity index (χ0v) is 12.0. The molecule has 2 heterocycles. The van der Waals surface area contributed by atoms with E-state index in [1.807, 2.05) is 4.90 Å². The van der Waals surface area contributed by atoms with Crippen LogP contribution in [0.1, 0.15) is 5.56 Å². The van der Waals surface area contributed by atoms with Gasteiger partial charge in [-0.3, -0.25) is 0 Å². The minimum atomic E-state index is -0.349. The molecule has 1 saturated heterocycles. The van der Waals surface area contributed by atoms with Crippen LogP contribution >= 0.6 is 0 Å². The molecule has 0 radical (unpaired) electrons. The van der Waals surface area contributed by atoms with Gasteiger partial charge in [-0.15, -0.1) is 0 Å². The summed E-state index contributed by atoms with van der Waals surface area (Å²) in [7, 11) is 0. The van der Waals surface area contributed by atoms with Crippen molar-refractivity contribution in [1.29, 1.82) is 0 Å². The lowest BCUT2D eigenvalue weighted by Gasteiger charge is -2.37. The van der Waals surface area contributed by atoms with Crippen LogP contribution in [0.15, 0.2) is 42.1 Å². The van der Waals surface area contributed by atoms with Gasteiger partial charge in [-0.05, 0) is 6.07 Å². The molecule has 22 heavy (non-hydrogen) atoms. The molecule has 3 rings (SSSR count). The number of piperazine rings is 1. The van der Waals surface area contributed by atoms with Crippen molar-refractivity contribution in [2.75, 3.05) is 36.0 Å². The summed E-state index contributed by atoms with van der Waals surface area (Å²) >= 11 is 0. The number of rotatable bonds is 4. The summed E-state index contributed by atoms with van der Waals surface area (Å²) in [5, 5.41) is 2.77. The van der Waals surface area contributed by atoms with E-state index >= 15 is 0 Å². The lowest BCUT2D eigenvalue weighted by Crippen LogP contribution is -2.47. The number of benzene rings is 1. The molecule has 1 aromatic carbocycles. The van der Waals surface area contributed by atoms with Gasteiger partial charge in [-0.25, -0.2) is 14.4 Å². The first kappa shape index (κ1) is 14.4. The Hall–Kier alpha value is -2.57. The van der Waals surface area contributed by atoms with Gasteiger partial charge in [0.2, 0.25) is 0 Å². The molecule has 0 spiro atoms. The zero-order chi connectivity index (χ0) is 15.4. The average Bonchev–Trinajstić information content (AvgIpc) is 2.58. The monoisotopic (exact) mass is 301 g/mol. The van der Waals surface area contributed by atoms with Crippen molar-refractivity contribution in [2.45, 2.75) is 6.54 Å². The standard InChI is InChI=1S/C15H16FN5O/c16-15-12(8-19-22)2-1-3-14(15)21-6-4-20(5-7-21)13-9-17-11-18-10-13/h1-3,9-11H,4-8H2. The summed E-state index contributed by atoms with van der Waals surface area (Å²) in [6.45, 7) is 2.79. The van der Waals surface area contributed by atoms with Crippen LogP contribution in [0.3, 0.4) is 0 Å². The first-order chi connectivity index (χ1) is 10.8. The molecule has 0 saturated carbocycles. The smallest absolute Gasteiger partial charge is 0.151 e. The molecule has 0 aliphatic carbocycles. The Morgan fingerprint density at radius 2 is 1.77 bits per heavy atom. The van der Waals surface area contributed by atoms with E-state index in [2.05, 4.69) is 20.0 Å². The first-order valence-corrected chi connectivity index (χ1v) is 7.11. The van der Waals surface area contributed by atoms with E-state index < -0.39 is 0 Å². The van der Waals surface area contributed by atoms with Gasteiger partial charge in [0.1, 0.15) is 12.9 Å². The van der Waals surface area contributed by atoms with Gasteiger partial charge < -0.3 is 9.80 Å². The van der Waals surface area contributed by atoms with Crippen molar-refractivity contribution >= 4 is 11.4 Å². The fraction of sp³-hybridized carbons (Fsp3) is 0.333. The van der Waals surface area contributed by atoms with Crippen molar-refractivity contribution in [3.8, 4) is 0 Å². The van der Waals surface area contributed by atoms with Gasteiger partial charge in [0.15, 0.2) is 5.82 Å². The van der Waals surface area contributed by atoms with Crippen LogP contribution in [0.5, 0.6) is 0 Å². The second kappa shape index (κ2) is 6.46. The van der Waals surface area contributed by atoms with E-state index in [4.69, 9.17) is 0 Å². The SMILES string of the molecule is O=NCc1cccc(N2CCN(c3cncnc3)CC2)c1F. The molecule has 1 aliphatic heterocycles. The molecule has 1 aliphatic rings. The highest BCUT2D eigenvalue weighted by Crippen LogP contribution is 2.25. The molecule has 0 N–H and O–H groups in total. The van der Waals surface area contributed by atoms with Gasteiger partial charge in [0, 0.05) is 31.7 Å². The molecule has 6 nitrogen and oxygen atoms in total. The molecule has 114 valence electrons. The van der Waals surface area contributed by atoms with Crippen LogP contribution < -0.4 is 9.80 Å². The Kier molecular flexibility index (Phi) is 4.22. The van der Waals surface area contributed by atoms with Crippen LogP contribution in [-0.2, 0) is 6.54 Å². The predicted molar refractivity (Wildman–Crippen MR) is 82.4 cm³/mol. The second-order valence-corrected chi connectivity index (χ2v) is 5.11. The van der Waals surface area contributed by atoms with Crippen LogP contribution in [0, 0.1) is 10.7 Å². The first-order valence-electron chi connectivity index (χ1n) is 7.11. The molecule has 0 bridgehead atoms. The maximum absolute atomic E-state index is 14.4. The third-order valence-electron chi connectivity index (χ3n) is 3.83. The van der Waals surface area contributed by atoms with E-state index in [0.29, 0.717) is 24.3 Å². The highest BCUT2D eigenvalue weighted by atomic mass is 19.1. The lowest BCUT2D eigenvalue weighted by atomic mass is 10.1. The topological polar surface area (TPSA) is 61.7 Å². The minimum absolute atomic E-state index is 0.138. The lowest BCUT2D eigenvalue weighted by molar-refractivity contribution is 0.586. The Morgan fingerprint density at radius 3 is 2.45 bits per heavy atom. The highest BCUT2D eigenvalue weighted by Gasteiger charge is 2.21. The number of nitroso groups, excluding NO2 is 1. The third-order valence-corrected chi connectivity index (χ3v) is 3.83. The van der Waals surface area contributed by atoms with E-state index in [9.17, 15) is 9.30 Å². The maximum atomic E-state index is 14.4. The third kappa shape index (κ3) is 2.88. The van der Waals surface area contributed by atoms with Gasteiger partial charge in [-0.2, -0.15) is 4.91 Å². The fourth-order valence-corrected chi connectivity index (χ4v) is 2.66. The molecule has 1 fully saturated rings. The second-order valence-electron chi connectivity index (χ2n) is 5.11. The van der Waals surface area contributed by atoms with Crippen molar-refractivity contribution in [2.24, 2.45) is 5.18 Å². The Morgan fingerprint density at radius 1 is 1.09 bits per heavy atom. The van der Waals surface area contributed by atoms with Gasteiger partial charge in [0.05, 0.1) is 23.8 Å². The van der Waals surface area contributed by atoms with E-state index in [-0.39, 0.29) is 12.4 Å². The number of anilines is 2. The summed E-state index contributed by atoms with van der Waals surface area (Å²) in [6, 6.07) is 5.10. The molecule has 0 atom stereocenters. The quantitative estimate of drug-likeness (QED) is 0.810. The number of aromatic nitrogens is 2. The van der Waals surface area contributed by atoms with E-state index in [0.717, 1.165) is 18.8 Å². The molecule has 0 unspecified atom stereocenters. The number of halogens is 1. The molecule has 1 aromatic heterocycles. The largest absolute Gasteiger partial charge is 0.366 e. The molecular formula is C15H16FN5O. The fourth-order valence-electron chi connectivity index (χ4n) is 2.66. The number of hydrogen-bond donors (Lipinski definition) is 0. The molecule has 0 amide bonds. The normalized spacial score (nSPS) is 15.0. The summed E-state index contributed by atoms with van der Waals surface area (Å²) in [6.07, 6.45) is 5.06. The van der Waals surface area contributed by atoms with Crippen LogP contribution in [0.25, 0.3) is 0 Å². The molecule has 7 heteroatoms. The van der Waals surface area contributed by atoms with Crippen LogP contribution in [0.2, 0.25) is 0 Å². The number of hydrogen-bond acceptors (Lipinski definition) is 6. The maximum Gasteiger partial charge on any atom is 0.151 e. The van der Waals surface area contributed by atoms with Crippen molar-refractivity contribution in [3.05, 3.63) is 53.2 Å². The Labute approximate surface area is 127 Å². The van der Waals surface area contributed by atoms with E-state index in [1.165, 1.54) is 6.33 Å². The Bertz CT molecular complexity index is 644. The predicted octanol–water partition coefficient (Wildman–Crippen LogP) is 2.21. The summed E-state index contributed by atoms with van der Waals surface area (Å²) in [5.41, 5.74) is 1.85. The Balaban J connectivity index is 1.71. The summed E-state index contributed by atoms with van der Waals surface area (Å²) in [4.78, 5) is 22.6. The number of nitrogens with zero attached hydrogens (tertiary/aromatic N) is 5. The molecular weight excluding hydrogens is 285 g/mol. The van der Waals surface area contributed by atoms with Crippen LogP contribution in [-0.4, -0.2) is 36.1 Å². The summed E-state index contributed by atoms with van der Waals surface area (Å²) < 4.78 is 14.4. The van der Waals surface area contributed by atoms with Crippen molar-refractivity contribution < 1.29 is 4.39 Å². The zero-order valence-electron chi connectivity index (χ0n) is 12.0. The highest BCUT2D eigenvalue weighted by molar-refractivity contribution is 5.53. The minimum Gasteiger partial charge on any atom is -0.366 e. The van der Waals surface area contributed by atoms with E-state index in [1.54, 1.807) is 30.6 Å². The van der Waals surface area contributed by atoms with Gasteiger partial charge in [0.25, 0.3) is 0 Å². The van der Waals surface area contributed by atoms with Gasteiger partial charge >= 0.3 is 0 Å². The van der Waals surface area contributed by atoms with Crippen molar-refractivity contribution in [3.63, 3.8) is 0 Å². The average molecular weight is 301 g/mol.